The Labute approximate surface area is 156 Å². The molecule has 26 heavy (non-hydrogen) atoms. The topological polar surface area (TPSA) is 37.6 Å². The molecule has 4 rings (SSSR count). The molecule has 1 aliphatic heterocycles. The lowest BCUT2D eigenvalue weighted by atomic mass is 10.1. The van der Waals surface area contributed by atoms with Gasteiger partial charge in [-0.15, -0.1) is 0 Å². The molecule has 0 saturated carbocycles. The maximum Gasteiger partial charge on any atom is 0.266 e. The van der Waals surface area contributed by atoms with Gasteiger partial charge in [-0.2, -0.15) is 0 Å². The van der Waals surface area contributed by atoms with Crippen molar-refractivity contribution in [2.24, 2.45) is 12.0 Å². The maximum absolute atomic E-state index is 12.8. The van der Waals surface area contributed by atoms with Gasteiger partial charge in [0.15, 0.2) is 5.17 Å². The normalized spacial score (nSPS) is 17.8. The second kappa shape index (κ2) is 6.84. The van der Waals surface area contributed by atoms with Crippen molar-refractivity contribution in [3.05, 3.63) is 71.3 Å². The average molecular weight is 361 g/mol. The standard InChI is InChI=1S/C21H19N3OS/c1-3-24-20(25)19(26-21(24)22-16-9-5-4-6-10-16)13-15-14-23(2)18-12-8-7-11-17(15)18/h4-14H,3H2,1-2H3. The van der Waals surface area contributed by atoms with Crippen molar-refractivity contribution >= 4 is 45.5 Å². The van der Waals surface area contributed by atoms with Crippen LogP contribution in [0, 0.1) is 0 Å². The summed E-state index contributed by atoms with van der Waals surface area (Å²) in [6.45, 7) is 2.57. The summed E-state index contributed by atoms with van der Waals surface area (Å²) in [6, 6.07) is 18.0. The molecule has 0 atom stereocenters. The number of hydrogen-bond acceptors (Lipinski definition) is 3. The van der Waals surface area contributed by atoms with Gasteiger partial charge in [-0.1, -0.05) is 36.4 Å². The van der Waals surface area contributed by atoms with Gasteiger partial charge < -0.3 is 4.57 Å². The second-order valence-corrected chi connectivity index (χ2v) is 7.11. The van der Waals surface area contributed by atoms with Crippen molar-refractivity contribution in [2.75, 3.05) is 6.54 Å². The lowest BCUT2D eigenvalue weighted by Crippen LogP contribution is -2.28. The van der Waals surface area contributed by atoms with E-state index in [1.54, 1.807) is 4.90 Å². The van der Waals surface area contributed by atoms with Crippen molar-refractivity contribution in [3.8, 4) is 0 Å². The van der Waals surface area contributed by atoms with Gasteiger partial charge in [0.1, 0.15) is 0 Å². The molecular weight excluding hydrogens is 342 g/mol. The molecule has 3 aromatic rings. The third-order valence-electron chi connectivity index (χ3n) is 4.40. The lowest BCUT2D eigenvalue weighted by molar-refractivity contribution is -0.122. The number of likely N-dealkylation sites (N-methyl/N-ethyl adjacent to an activating group) is 1. The molecule has 2 heterocycles. The molecule has 4 nitrogen and oxygen atoms in total. The van der Waals surface area contributed by atoms with Crippen LogP contribution in [0.15, 0.2) is 70.7 Å². The number of aryl methyl sites for hydroxylation is 1. The summed E-state index contributed by atoms with van der Waals surface area (Å²) < 4.78 is 2.09. The Balaban J connectivity index is 1.74. The van der Waals surface area contributed by atoms with Crippen molar-refractivity contribution < 1.29 is 4.79 Å². The summed E-state index contributed by atoms with van der Waals surface area (Å²) >= 11 is 1.44. The average Bonchev–Trinajstić information content (AvgIpc) is 3.13. The molecule has 1 amide bonds. The summed E-state index contributed by atoms with van der Waals surface area (Å²) in [6.07, 6.45) is 4.04. The molecule has 1 saturated heterocycles. The zero-order valence-electron chi connectivity index (χ0n) is 14.7. The summed E-state index contributed by atoms with van der Waals surface area (Å²) in [5, 5.41) is 1.88. The van der Waals surface area contributed by atoms with E-state index in [0.29, 0.717) is 11.4 Å². The van der Waals surface area contributed by atoms with Gasteiger partial charge >= 0.3 is 0 Å². The number of nitrogens with zero attached hydrogens (tertiary/aromatic N) is 3. The van der Waals surface area contributed by atoms with E-state index in [0.717, 1.165) is 27.3 Å². The Hall–Kier alpha value is -2.79. The van der Waals surface area contributed by atoms with E-state index in [2.05, 4.69) is 27.9 Å². The Morgan fingerprint density at radius 1 is 1.08 bits per heavy atom. The van der Waals surface area contributed by atoms with Crippen LogP contribution in [0.5, 0.6) is 0 Å². The fourth-order valence-corrected chi connectivity index (χ4v) is 4.17. The molecule has 5 heteroatoms. The highest BCUT2D eigenvalue weighted by molar-refractivity contribution is 8.18. The number of amides is 1. The van der Waals surface area contributed by atoms with E-state index in [1.165, 1.54) is 11.8 Å². The number of hydrogen-bond donors (Lipinski definition) is 0. The van der Waals surface area contributed by atoms with Crippen LogP contribution in [0.3, 0.4) is 0 Å². The Morgan fingerprint density at radius 2 is 1.81 bits per heavy atom. The second-order valence-electron chi connectivity index (χ2n) is 6.10. The number of amidine groups is 1. The minimum Gasteiger partial charge on any atom is -0.350 e. The van der Waals surface area contributed by atoms with Crippen molar-refractivity contribution in [1.82, 2.24) is 9.47 Å². The summed E-state index contributed by atoms with van der Waals surface area (Å²) in [5.74, 6) is 0.0140. The summed E-state index contributed by atoms with van der Waals surface area (Å²) in [7, 11) is 2.02. The van der Waals surface area contributed by atoms with Gasteiger partial charge in [-0.25, -0.2) is 4.99 Å². The van der Waals surface area contributed by atoms with E-state index < -0.39 is 0 Å². The van der Waals surface area contributed by atoms with Gasteiger partial charge in [0.2, 0.25) is 0 Å². The van der Waals surface area contributed by atoms with Crippen LogP contribution < -0.4 is 0 Å². The van der Waals surface area contributed by atoms with Crippen LogP contribution in [-0.2, 0) is 11.8 Å². The molecule has 1 aliphatic rings. The van der Waals surface area contributed by atoms with Crippen molar-refractivity contribution in [1.29, 1.82) is 0 Å². The van der Waals surface area contributed by atoms with Crippen LogP contribution in [0.2, 0.25) is 0 Å². The highest BCUT2D eigenvalue weighted by atomic mass is 32.2. The smallest absolute Gasteiger partial charge is 0.266 e. The number of aromatic nitrogens is 1. The van der Waals surface area contributed by atoms with E-state index in [1.807, 2.05) is 62.5 Å². The molecule has 0 N–H and O–H groups in total. The number of fused-ring (bicyclic) bond motifs is 1. The van der Waals surface area contributed by atoms with Crippen molar-refractivity contribution in [3.63, 3.8) is 0 Å². The first-order chi connectivity index (χ1) is 12.7. The number of benzene rings is 2. The summed E-state index contributed by atoms with van der Waals surface area (Å²) in [5.41, 5.74) is 3.06. The number of aliphatic imine (C=N–C) groups is 1. The fraction of sp³-hybridized carbons (Fsp3) is 0.143. The van der Waals surface area contributed by atoms with E-state index in [9.17, 15) is 4.79 Å². The lowest BCUT2D eigenvalue weighted by Gasteiger charge is -2.11. The van der Waals surface area contributed by atoms with Gasteiger partial charge in [0.25, 0.3) is 5.91 Å². The van der Waals surface area contributed by atoms with Gasteiger partial charge in [-0.3, -0.25) is 9.69 Å². The van der Waals surface area contributed by atoms with E-state index in [-0.39, 0.29) is 5.91 Å². The number of thioether (sulfide) groups is 1. The van der Waals surface area contributed by atoms with Crippen LogP contribution in [-0.4, -0.2) is 27.1 Å². The number of carbonyl (C=O) groups excluding carboxylic acids is 1. The largest absolute Gasteiger partial charge is 0.350 e. The first-order valence-corrected chi connectivity index (χ1v) is 9.38. The predicted molar refractivity (Wildman–Crippen MR) is 109 cm³/mol. The monoisotopic (exact) mass is 361 g/mol. The summed E-state index contributed by atoms with van der Waals surface area (Å²) in [4.78, 5) is 19.9. The predicted octanol–water partition coefficient (Wildman–Crippen LogP) is 4.80. The molecule has 130 valence electrons. The van der Waals surface area contributed by atoms with Crippen molar-refractivity contribution in [2.45, 2.75) is 6.92 Å². The minimum atomic E-state index is 0.0140. The molecule has 1 aromatic heterocycles. The highest BCUT2D eigenvalue weighted by Crippen LogP contribution is 2.35. The van der Waals surface area contributed by atoms with Crippen LogP contribution >= 0.6 is 11.8 Å². The molecule has 0 radical (unpaired) electrons. The molecule has 1 fully saturated rings. The van der Waals surface area contributed by atoms with Crippen LogP contribution in [0.1, 0.15) is 12.5 Å². The molecule has 0 unspecified atom stereocenters. The van der Waals surface area contributed by atoms with Gasteiger partial charge in [0, 0.05) is 36.3 Å². The molecule has 0 aliphatic carbocycles. The molecule has 0 spiro atoms. The van der Waals surface area contributed by atoms with E-state index >= 15 is 0 Å². The molecule has 2 aromatic carbocycles. The Morgan fingerprint density at radius 3 is 2.58 bits per heavy atom. The quantitative estimate of drug-likeness (QED) is 0.628. The van der Waals surface area contributed by atoms with Gasteiger partial charge in [0.05, 0.1) is 10.6 Å². The number of rotatable bonds is 3. The van der Waals surface area contributed by atoms with Crippen LogP contribution in [0.25, 0.3) is 17.0 Å². The first kappa shape index (κ1) is 16.7. The molecule has 0 bridgehead atoms. The zero-order valence-corrected chi connectivity index (χ0v) is 15.5. The third kappa shape index (κ3) is 2.95. The fourth-order valence-electron chi connectivity index (χ4n) is 3.11. The Kier molecular flexibility index (Phi) is 4.39. The minimum absolute atomic E-state index is 0.0140. The number of para-hydroxylation sites is 2. The molecular formula is C21H19N3OS. The SMILES string of the molecule is CCN1C(=O)C(=Cc2cn(C)c3ccccc23)SC1=Nc1ccccc1. The van der Waals surface area contributed by atoms with E-state index in [4.69, 9.17) is 0 Å². The Bertz CT molecular complexity index is 1030. The third-order valence-corrected chi connectivity index (χ3v) is 5.41. The maximum atomic E-state index is 12.8. The number of carbonyl (C=O) groups is 1. The first-order valence-electron chi connectivity index (χ1n) is 8.56. The highest BCUT2D eigenvalue weighted by Gasteiger charge is 2.32. The zero-order chi connectivity index (χ0) is 18.1. The van der Waals surface area contributed by atoms with Gasteiger partial charge in [-0.05, 0) is 43.0 Å². The van der Waals surface area contributed by atoms with Crippen LogP contribution in [0.4, 0.5) is 5.69 Å².